The Bertz CT molecular complexity index is 272. The summed E-state index contributed by atoms with van der Waals surface area (Å²) in [5.74, 6) is 1.79. The highest BCUT2D eigenvalue weighted by Gasteiger charge is 2.24. The van der Waals surface area contributed by atoms with Gasteiger partial charge in [-0.25, -0.2) is 0 Å². The van der Waals surface area contributed by atoms with E-state index in [1.807, 2.05) is 0 Å². The van der Waals surface area contributed by atoms with Crippen molar-refractivity contribution in [3.05, 3.63) is 0 Å². The van der Waals surface area contributed by atoms with E-state index < -0.39 is 0 Å². The Morgan fingerprint density at radius 2 is 1.76 bits per heavy atom. The summed E-state index contributed by atoms with van der Waals surface area (Å²) in [5, 5.41) is 13.1. The molecule has 1 atom stereocenters. The van der Waals surface area contributed by atoms with Gasteiger partial charge in [-0.3, -0.25) is 0 Å². The van der Waals surface area contributed by atoms with Gasteiger partial charge < -0.3 is 15.3 Å². The molecule has 1 aliphatic heterocycles. The molecule has 1 heterocycles. The Morgan fingerprint density at radius 1 is 1.14 bits per heavy atom. The first-order valence-electron chi connectivity index (χ1n) is 8.97. The second-order valence-corrected chi connectivity index (χ2v) is 7.90. The molecule has 0 saturated carbocycles. The minimum absolute atomic E-state index is 0.112. The van der Waals surface area contributed by atoms with Crippen molar-refractivity contribution >= 4 is 0 Å². The van der Waals surface area contributed by atoms with Crippen LogP contribution in [0.25, 0.3) is 0 Å². The van der Waals surface area contributed by atoms with E-state index in [0.29, 0.717) is 6.04 Å². The number of aliphatic hydroxyl groups excluding tert-OH is 1. The summed E-state index contributed by atoms with van der Waals surface area (Å²) in [6, 6.07) is 0.428. The lowest BCUT2D eigenvalue weighted by Gasteiger charge is -2.34. The van der Waals surface area contributed by atoms with Crippen LogP contribution in [0.5, 0.6) is 0 Å². The summed E-state index contributed by atoms with van der Waals surface area (Å²) in [5.41, 5.74) is -0.112. The SMILES string of the molecule is CC(C)NC(C)(CO)CCCCN1CCC(C(C)C)CC1. The number of unbranched alkanes of at least 4 members (excludes halogenated alkanes) is 1. The minimum Gasteiger partial charge on any atom is -0.394 e. The van der Waals surface area contributed by atoms with Crippen molar-refractivity contribution in [2.24, 2.45) is 11.8 Å². The average molecular weight is 299 g/mol. The van der Waals surface area contributed by atoms with Crippen molar-refractivity contribution in [2.45, 2.75) is 78.3 Å². The van der Waals surface area contributed by atoms with E-state index in [1.54, 1.807) is 0 Å². The van der Waals surface area contributed by atoms with Crippen LogP contribution in [0, 0.1) is 11.8 Å². The van der Waals surface area contributed by atoms with Crippen molar-refractivity contribution < 1.29 is 5.11 Å². The Labute approximate surface area is 132 Å². The maximum atomic E-state index is 9.59. The fourth-order valence-corrected chi connectivity index (χ4v) is 3.59. The van der Waals surface area contributed by atoms with Gasteiger partial charge in [0, 0.05) is 11.6 Å². The highest BCUT2D eigenvalue weighted by molar-refractivity contribution is 4.84. The van der Waals surface area contributed by atoms with Crippen molar-refractivity contribution in [2.75, 3.05) is 26.2 Å². The number of piperidine rings is 1. The van der Waals surface area contributed by atoms with Crippen LogP contribution in [0.3, 0.4) is 0 Å². The predicted octanol–water partition coefficient (Wildman–Crippen LogP) is 3.27. The van der Waals surface area contributed by atoms with Gasteiger partial charge >= 0.3 is 0 Å². The van der Waals surface area contributed by atoms with Crippen LogP contribution in [0.4, 0.5) is 0 Å². The predicted molar refractivity (Wildman–Crippen MR) is 91.6 cm³/mol. The summed E-state index contributed by atoms with van der Waals surface area (Å²) in [7, 11) is 0. The summed E-state index contributed by atoms with van der Waals surface area (Å²) in [4.78, 5) is 2.63. The van der Waals surface area contributed by atoms with Crippen LogP contribution in [-0.2, 0) is 0 Å². The topological polar surface area (TPSA) is 35.5 Å². The number of aliphatic hydroxyl groups is 1. The van der Waals surface area contributed by atoms with Crippen molar-refractivity contribution in [1.29, 1.82) is 0 Å². The summed E-state index contributed by atoms with van der Waals surface area (Å²) in [6.07, 6.45) is 6.26. The smallest absolute Gasteiger partial charge is 0.0610 e. The zero-order valence-electron chi connectivity index (χ0n) is 15.0. The van der Waals surface area contributed by atoms with E-state index in [4.69, 9.17) is 0 Å². The number of likely N-dealkylation sites (tertiary alicyclic amines) is 1. The molecule has 1 saturated heterocycles. The molecule has 0 bridgehead atoms. The monoisotopic (exact) mass is 298 g/mol. The van der Waals surface area contributed by atoms with E-state index in [2.05, 4.69) is 44.8 Å². The molecule has 126 valence electrons. The van der Waals surface area contributed by atoms with Gasteiger partial charge in [-0.1, -0.05) is 34.1 Å². The molecule has 21 heavy (non-hydrogen) atoms. The molecule has 0 aromatic rings. The normalized spacial score (nSPS) is 21.1. The van der Waals surface area contributed by atoms with E-state index in [-0.39, 0.29) is 12.1 Å². The second kappa shape index (κ2) is 9.12. The van der Waals surface area contributed by atoms with E-state index in [9.17, 15) is 5.11 Å². The van der Waals surface area contributed by atoms with Gasteiger partial charge in [-0.05, 0) is 64.1 Å². The van der Waals surface area contributed by atoms with Crippen LogP contribution >= 0.6 is 0 Å². The summed E-state index contributed by atoms with van der Waals surface area (Å²) in [6.45, 7) is 15.2. The molecule has 1 unspecified atom stereocenters. The van der Waals surface area contributed by atoms with Crippen LogP contribution in [0.1, 0.15) is 66.7 Å². The van der Waals surface area contributed by atoms with Gasteiger partial charge in [-0.15, -0.1) is 0 Å². The number of hydrogen-bond donors (Lipinski definition) is 2. The molecule has 0 aromatic carbocycles. The summed E-state index contributed by atoms with van der Waals surface area (Å²) < 4.78 is 0. The Balaban J connectivity index is 2.17. The standard InChI is InChI=1S/C18H38N2O/c1-15(2)17-8-12-20(13-9-17)11-7-6-10-18(5,14-21)19-16(3)4/h15-17,19,21H,6-14H2,1-5H3. The average Bonchev–Trinajstić information content (AvgIpc) is 2.43. The lowest BCUT2D eigenvalue weighted by molar-refractivity contribution is 0.141. The lowest BCUT2D eigenvalue weighted by atomic mass is 9.86. The second-order valence-electron chi connectivity index (χ2n) is 7.90. The third kappa shape index (κ3) is 7.12. The molecule has 1 aliphatic rings. The Hall–Kier alpha value is -0.120. The molecule has 3 heteroatoms. The van der Waals surface area contributed by atoms with Gasteiger partial charge in [0.05, 0.1) is 6.61 Å². The maximum absolute atomic E-state index is 9.59. The zero-order valence-corrected chi connectivity index (χ0v) is 15.0. The van der Waals surface area contributed by atoms with Gasteiger partial charge in [0.1, 0.15) is 0 Å². The highest BCUT2D eigenvalue weighted by Crippen LogP contribution is 2.24. The third-order valence-corrected chi connectivity index (χ3v) is 5.01. The molecular weight excluding hydrogens is 260 g/mol. The molecule has 0 aliphatic carbocycles. The van der Waals surface area contributed by atoms with Crippen molar-refractivity contribution in [1.82, 2.24) is 10.2 Å². The molecule has 0 radical (unpaired) electrons. The molecule has 3 nitrogen and oxygen atoms in total. The third-order valence-electron chi connectivity index (χ3n) is 5.01. The molecule has 2 N–H and O–H groups in total. The van der Waals surface area contributed by atoms with Gasteiger partial charge in [0.25, 0.3) is 0 Å². The van der Waals surface area contributed by atoms with Crippen LogP contribution in [0.2, 0.25) is 0 Å². The largest absolute Gasteiger partial charge is 0.394 e. The van der Waals surface area contributed by atoms with E-state index in [1.165, 1.54) is 45.3 Å². The van der Waals surface area contributed by atoms with Gasteiger partial charge in [0.2, 0.25) is 0 Å². The fourth-order valence-electron chi connectivity index (χ4n) is 3.59. The summed E-state index contributed by atoms with van der Waals surface area (Å²) >= 11 is 0. The molecule has 1 rings (SSSR count). The van der Waals surface area contributed by atoms with Gasteiger partial charge in [-0.2, -0.15) is 0 Å². The number of hydrogen-bond acceptors (Lipinski definition) is 3. The Kier molecular flexibility index (Phi) is 8.22. The minimum atomic E-state index is -0.112. The number of nitrogens with one attached hydrogen (secondary N) is 1. The van der Waals surface area contributed by atoms with Crippen LogP contribution in [0.15, 0.2) is 0 Å². The van der Waals surface area contributed by atoms with E-state index >= 15 is 0 Å². The van der Waals surface area contributed by atoms with Crippen LogP contribution in [-0.4, -0.2) is 47.8 Å². The van der Waals surface area contributed by atoms with Crippen molar-refractivity contribution in [3.63, 3.8) is 0 Å². The van der Waals surface area contributed by atoms with Crippen LogP contribution < -0.4 is 5.32 Å². The van der Waals surface area contributed by atoms with Crippen molar-refractivity contribution in [3.8, 4) is 0 Å². The number of rotatable bonds is 9. The molecule has 0 spiro atoms. The van der Waals surface area contributed by atoms with Gasteiger partial charge in [0.15, 0.2) is 0 Å². The number of nitrogens with zero attached hydrogens (tertiary/aromatic N) is 1. The Morgan fingerprint density at radius 3 is 2.24 bits per heavy atom. The van der Waals surface area contributed by atoms with E-state index in [0.717, 1.165) is 18.3 Å². The fraction of sp³-hybridized carbons (Fsp3) is 1.00. The quantitative estimate of drug-likeness (QED) is 0.641. The first-order chi connectivity index (χ1) is 9.86. The highest BCUT2D eigenvalue weighted by atomic mass is 16.3. The molecule has 1 fully saturated rings. The molecular formula is C18H38N2O. The first kappa shape index (κ1) is 18.9. The maximum Gasteiger partial charge on any atom is 0.0610 e. The molecule has 0 aromatic heterocycles. The lowest BCUT2D eigenvalue weighted by Crippen LogP contribution is -2.49. The first-order valence-corrected chi connectivity index (χ1v) is 8.97. The molecule has 0 amide bonds. The zero-order chi connectivity index (χ0) is 15.9.